The lowest BCUT2D eigenvalue weighted by atomic mass is 10.1. The van der Waals surface area contributed by atoms with Gasteiger partial charge in [-0.2, -0.15) is 0 Å². The number of rotatable bonds is 4. The molecule has 3 rings (SSSR count). The molecule has 0 aliphatic rings. The number of carbonyl (C=O) groups is 1. The molecule has 0 aliphatic heterocycles. The Balaban J connectivity index is 1.94. The molecular formula is C18H14INO4. The minimum atomic E-state index is -0.455. The summed E-state index contributed by atoms with van der Waals surface area (Å²) in [6, 6.07) is 14.3. The van der Waals surface area contributed by atoms with Gasteiger partial charge in [0.1, 0.15) is 17.9 Å². The van der Waals surface area contributed by atoms with Gasteiger partial charge in [-0.1, -0.05) is 12.1 Å². The number of nitrogens with one attached hydrogen (secondary N) is 1. The number of anilines is 1. The second kappa shape index (κ2) is 7.04. The molecule has 1 N–H and O–H groups in total. The number of benzene rings is 2. The van der Waals surface area contributed by atoms with Gasteiger partial charge in [0.25, 0.3) is 0 Å². The predicted molar refractivity (Wildman–Crippen MR) is 100 cm³/mol. The Hall–Kier alpha value is -2.35. The van der Waals surface area contributed by atoms with Crippen molar-refractivity contribution in [3.8, 4) is 5.75 Å². The average molecular weight is 435 g/mol. The number of hydrogen-bond donors (Lipinski definition) is 1. The molecule has 24 heavy (non-hydrogen) atoms. The van der Waals surface area contributed by atoms with E-state index in [9.17, 15) is 9.59 Å². The lowest BCUT2D eigenvalue weighted by Gasteiger charge is -2.10. The second-order valence-electron chi connectivity index (χ2n) is 5.20. The minimum absolute atomic E-state index is 0.185. The number of para-hydroxylation sites is 1. The largest absolute Gasteiger partial charge is 0.488 e. The molecule has 0 saturated heterocycles. The van der Waals surface area contributed by atoms with Gasteiger partial charge in [0.15, 0.2) is 0 Å². The minimum Gasteiger partial charge on any atom is -0.488 e. The molecule has 0 saturated carbocycles. The van der Waals surface area contributed by atoms with E-state index >= 15 is 0 Å². The van der Waals surface area contributed by atoms with Gasteiger partial charge in [-0.3, -0.25) is 4.79 Å². The Morgan fingerprint density at radius 3 is 2.75 bits per heavy atom. The first kappa shape index (κ1) is 16.5. The van der Waals surface area contributed by atoms with E-state index < -0.39 is 5.63 Å². The van der Waals surface area contributed by atoms with Gasteiger partial charge in [-0.25, -0.2) is 4.79 Å². The third-order valence-electron chi connectivity index (χ3n) is 3.37. The van der Waals surface area contributed by atoms with Crippen LogP contribution >= 0.6 is 22.6 Å². The van der Waals surface area contributed by atoms with Crippen molar-refractivity contribution in [2.24, 2.45) is 0 Å². The molecular weight excluding hydrogens is 421 g/mol. The van der Waals surface area contributed by atoms with Crippen molar-refractivity contribution < 1.29 is 13.9 Å². The molecule has 1 amide bonds. The van der Waals surface area contributed by atoms with Crippen LogP contribution in [0.2, 0.25) is 0 Å². The van der Waals surface area contributed by atoms with Gasteiger partial charge >= 0.3 is 5.63 Å². The fourth-order valence-corrected chi connectivity index (χ4v) is 2.89. The van der Waals surface area contributed by atoms with Crippen molar-refractivity contribution in [2.45, 2.75) is 13.5 Å². The SMILES string of the molecule is CC(=O)Nc1ccc2c(COc3ccccc3I)cc(=O)oc2c1. The van der Waals surface area contributed by atoms with Gasteiger partial charge in [-0.05, 0) is 46.9 Å². The van der Waals surface area contributed by atoms with E-state index in [4.69, 9.17) is 9.15 Å². The molecule has 3 aromatic rings. The van der Waals surface area contributed by atoms with Crippen molar-refractivity contribution >= 4 is 45.2 Å². The summed E-state index contributed by atoms with van der Waals surface area (Å²) in [7, 11) is 0. The summed E-state index contributed by atoms with van der Waals surface area (Å²) in [5.41, 5.74) is 1.27. The molecule has 0 fully saturated rings. The fraction of sp³-hybridized carbons (Fsp3) is 0.111. The number of amides is 1. The molecule has 0 radical (unpaired) electrons. The van der Waals surface area contributed by atoms with E-state index in [2.05, 4.69) is 27.9 Å². The normalized spacial score (nSPS) is 10.6. The maximum Gasteiger partial charge on any atom is 0.336 e. The summed E-state index contributed by atoms with van der Waals surface area (Å²) in [6.07, 6.45) is 0. The van der Waals surface area contributed by atoms with Gasteiger partial charge in [0, 0.05) is 35.7 Å². The highest BCUT2D eigenvalue weighted by Gasteiger charge is 2.09. The maximum absolute atomic E-state index is 11.8. The Morgan fingerprint density at radius 1 is 1.21 bits per heavy atom. The molecule has 0 spiro atoms. The molecule has 5 nitrogen and oxygen atoms in total. The summed E-state index contributed by atoms with van der Waals surface area (Å²) >= 11 is 2.20. The number of ether oxygens (including phenoxy) is 1. The summed E-state index contributed by atoms with van der Waals surface area (Å²) < 4.78 is 12.1. The van der Waals surface area contributed by atoms with Gasteiger partial charge < -0.3 is 14.5 Å². The highest BCUT2D eigenvalue weighted by atomic mass is 127. The highest BCUT2D eigenvalue weighted by molar-refractivity contribution is 14.1. The zero-order chi connectivity index (χ0) is 17.1. The molecule has 1 heterocycles. The Bertz CT molecular complexity index is 965. The predicted octanol–water partition coefficient (Wildman–Crippen LogP) is 3.94. The smallest absolute Gasteiger partial charge is 0.336 e. The van der Waals surface area contributed by atoms with Crippen molar-refractivity contribution in [3.05, 3.63) is 68.1 Å². The Kier molecular flexibility index (Phi) is 4.84. The molecule has 6 heteroatoms. The van der Waals surface area contributed by atoms with Crippen LogP contribution in [-0.4, -0.2) is 5.91 Å². The number of fused-ring (bicyclic) bond motifs is 1. The van der Waals surface area contributed by atoms with E-state index in [0.29, 0.717) is 11.3 Å². The zero-order valence-electron chi connectivity index (χ0n) is 12.8. The van der Waals surface area contributed by atoms with Crippen LogP contribution in [0.15, 0.2) is 57.7 Å². The third-order valence-corrected chi connectivity index (χ3v) is 4.26. The van der Waals surface area contributed by atoms with E-state index in [1.54, 1.807) is 18.2 Å². The molecule has 2 aromatic carbocycles. The fourth-order valence-electron chi connectivity index (χ4n) is 2.35. The Morgan fingerprint density at radius 2 is 2.00 bits per heavy atom. The van der Waals surface area contributed by atoms with Crippen LogP contribution in [-0.2, 0) is 11.4 Å². The molecule has 0 bridgehead atoms. The van der Waals surface area contributed by atoms with Crippen LogP contribution in [0.3, 0.4) is 0 Å². The molecule has 0 aliphatic carbocycles. The quantitative estimate of drug-likeness (QED) is 0.498. The summed E-state index contributed by atoms with van der Waals surface area (Å²) in [4.78, 5) is 23.0. The van der Waals surface area contributed by atoms with Crippen LogP contribution in [0.25, 0.3) is 11.0 Å². The van der Waals surface area contributed by atoms with Crippen molar-refractivity contribution in [1.29, 1.82) is 0 Å². The van der Waals surface area contributed by atoms with Crippen LogP contribution in [0.5, 0.6) is 5.75 Å². The zero-order valence-corrected chi connectivity index (χ0v) is 15.0. The van der Waals surface area contributed by atoms with Crippen molar-refractivity contribution in [2.75, 3.05) is 5.32 Å². The molecule has 0 atom stereocenters. The van der Waals surface area contributed by atoms with E-state index in [1.165, 1.54) is 13.0 Å². The van der Waals surface area contributed by atoms with Gasteiger partial charge in [0.2, 0.25) is 5.91 Å². The van der Waals surface area contributed by atoms with E-state index in [1.807, 2.05) is 24.3 Å². The van der Waals surface area contributed by atoms with Gasteiger partial charge in [-0.15, -0.1) is 0 Å². The highest BCUT2D eigenvalue weighted by Crippen LogP contribution is 2.24. The average Bonchev–Trinajstić information content (AvgIpc) is 2.52. The van der Waals surface area contributed by atoms with Crippen LogP contribution in [0.4, 0.5) is 5.69 Å². The number of carbonyl (C=O) groups excluding carboxylic acids is 1. The van der Waals surface area contributed by atoms with Gasteiger partial charge in [0.05, 0.1) is 3.57 Å². The first-order valence-electron chi connectivity index (χ1n) is 7.24. The number of hydrogen-bond acceptors (Lipinski definition) is 4. The van der Waals surface area contributed by atoms with E-state index in [0.717, 1.165) is 20.3 Å². The standard InChI is InChI=1S/C18H14INO4/c1-11(21)20-13-6-7-14-12(8-18(22)24-17(14)9-13)10-23-16-5-3-2-4-15(16)19/h2-9H,10H2,1H3,(H,20,21). The summed E-state index contributed by atoms with van der Waals surface area (Å²) in [5, 5.41) is 3.44. The van der Waals surface area contributed by atoms with Crippen LogP contribution < -0.4 is 15.7 Å². The van der Waals surface area contributed by atoms with Crippen molar-refractivity contribution in [3.63, 3.8) is 0 Å². The Labute approximate surface area is 151 Å². The first-order chi connectivity index (χ1) is 11.5. The second-order valence-corrected chi connectivity index (χ2v) is 6.36. The number of halogens is 1. The third kappa shape index (κ3) is 3.76. The summed E-state index contributed by atoms with van der Waals surface area (Å²) in [6.45, 7) is 1.67. The monoisotopic (exact) mass is 435 g/mol. The molecule has 122 valence electrons. The lowest BCUT2D eigenvalue weighted by molar-refractivity contribution is -0.114. The first-order valence-corrected chi connectivity index (χ1v) is 8.32. The maximum atomic E-state index is 11.8. The van der Waals surface area contributed by atoms with E-state index in [-0.39, 0.29) is 12.5 Å². The topological polar surface area (TPSA) is 68.5 Å². The molecule has 1 aromatic heterocycles. The van der Waals surface area contributed by atoms with Crippen LogP contribution in [0, 0.1) is 3.57 Å². The lowest BCUT2D eigenvalue weighted by Crippen LogP contribution is -2.07. The summed E-state index contributed by atoms with van der Waals surface area (Å²) in [5.74, 6) is 0.573. The molecule has 0 unspecified atom stereocenters. The van der Waals surface area contributed by atoms with Crippen LogP contribution in [0.1, 0.15) is 12.5 Å². The van der Waals surface area contributed by atoms with Crippen molar-refractivity contribution in [1.82, 2.24) is 0 Å².